The number of hydrogen-bond acceptors (Lipinski definition) is 4. The molecule has 122 valence electrons. The van der Waals surface area contributed by atoms with Crippen molar-refractivity contribution >= 4 is 34.2 Å². The maximum Gasteiger partial charge on any atom is 0.259 e. The number of amides is 1. The lowest BCUT2D eigenvalue weighted by atomic mass is 10.1. The molecule has 0 aromatic heterocycles. The van der Waals surface area contributed by atoms with Gasteiger partial charge in [0.1, 0.15) is 5.75 Å². The van der Waals surface area contributed by atoms with E-state index in [2.05, 4.69) is 27.9 Å². The summed E-state index contributed by atoms with van der Waals surface area (Å²) in [4.78, 5) is 12.6. The van der Waals surface area contributed by atoms with Crippen molar-refractivity contribution in [1.29, 1.82) is 0 Å². The monoisotopic (exact) mass is 427 g/mol. The van der Waals surface area contributed by atoms with Gasteiger partial charge in [-0.2, -0.15) is 0 Å². The molecule has 0 bridgehead atoms. The van der Waals surface area contributed by atoms with E-state index in [1.807, 2.05) is 25.1 Å². The van der Waals surface area contributed by atoms with Crippen molar-refractivity contribution in [2.45, 2.75) is 6.92 Å². The van der Waals surface area contributed by atoms with Crippen LogP contribution in [0, 0.1) is 10.5 Å². The van der Waals surface area contributed by atoms with E-state index in [4.69, 9.17) is 14.2 Å². The number of carbonyl (C=O) groups is 1. The van der Waals surface area contributed by atoms with E-state index in [1.54, 1.807) is 12.1 Å². The Bertz CT molecular complexity index is 731. The first kappa shape index (κ1) is 17.4. The van der Waals surface area contributed by atoms with Gasteiger partial charge in [-0.05, 0) is 47.2 Å². The van der Waals surface area contributed by atoms with Gasteiger partial charge in [0.25, 0.3) is 5.91 Å². The third-order valence-electron chi connectivity index (χ3n) is 3.38. The molecule has 2 rings (SSSR count). The topological polar surface area (TPSA) is 56.8 Å². The molecule has 0 saturated heterocycles. The number of carbonyl (C=O) groups excluding carboxylic acids is 1. The van der Waals surface area contributed by atoms with Crippen LogP contribution in [0.5, 0.6) is 17.2 Å². The molecule has 5 nitrogen and oxygen atoms in total. The summed E-state index contributed by atoms with van der Waals surface area (Å²) in [6, 6.07) is 8.98. The molecule has 0 aliphatic carbocycles. The number of nitrogens with one attached hydrogen (secondary N) is 1. The Balaban J connectivity index is 2.35. The van der Waals surface area contributed by atoms with Crippen LogP contribution in [0.3, 0.4) is 0 Å². The van der Waals surface area contributed by atoms with Crippen molar-refractivity contribution in [3.63, 3.8) is 0 Å². The molecule has 2 aromatic rings. The fraction of sp³-hybridized carbons (Fsp3) is 0.235. The highest BCUT2D eigenvalue weighted by Gasteiger charge is 2.18. The van der Waals surface area contributed by atoms with Crippen LogP contribution in [0.2, 0.25) is 0 Å². The summed E-state index contributed by atoms with van der Waals surface area (Å²) in [6.07, 6.45) is 0. The second kappa shape index (κ2) is 7.54. The molecular formula is C17H18INO4. The van der Waals surface area contributed by atoms with E-state index >= 15 is 0 Å². The maximum atomic E-state index is 12.6. The second-order valence-corrected chi connectivity index (χ2v) is 5.99. The summed E-state index contributed by atoms with van der Waals surface area (Å²) < 4.78 is 16.8. The normalized spacial score (nSPS) is 10.1. The SMILES string of the molecule is COc1cc(OC)c(C(=O)Nc2ccc(C)c(I)c2)cc1OC. The van der Waals surface area contributed by atoms with Crippen molar-refractivity contribution in [1.82, 2.24) is 0 Å². The van der Waals surface area contributed by atoms with Crippen LogP contribution < -0.4 is 19.5 Å². The summed E-state index contributed by atoms with van der Waals surface area (Å²) in [7, 11) is 4.56. The quantitative estimate of drug-likeness (QED) is 0.737. The van der Waals surface area contributed by atoms with Crippen LogP contribution in [0.4, 0.5) is 5.69 Å². The number of halogens is 1. The van der Waals surface area contributed by atoms with Crippen molar-refractivity contribution in [2.75, 3.05) is 26.6 Å². The Labute approximate surface area is 149 Å². The van der Waals surface area contributed by atoms with Gasteiger partial charge in [-0.25, -0.2) is 0 Å². The molecule has 0 heterocycles. The number of aryl methyl sites for hydroxylation is 1. The van der Waals surface area contributed by atoms with E-state index in [9.17, 15) is 4.79 Å². The van der Waals surface area contributed by atoms with E-state index in [0.29, 0.717) is 22.8 Å². The lowest BCUT2D eigenvalue weighted by molar-refractivity contribution is 0.102. The lowest BCUT2D eigenvalue weighted by Crippen LogP contribution is -2.14. The Morgan fingerprint density at radius 1 is 0.957 bits per heavy atom. The van der Waals surface area contributed by atoms with Crippen LogP contribution in [-0.4, -0.2) is 27.2 Å². The number of ether oxygens (including phenoxy) is 3. The van der Waals surface area contributed by atoms with E-state index in [1.165, 1.54) is 21.3 Å². The van der Waals surface area contributed by atoms with Gasteiger partial charge in [-0.15, -0.1) is 0 Å². The van der Waals surface area contributed by atoms with Gasteiger partial charge in [-0.3, -0.25) is 4.79 Å². The molecule has 0 radical (unpaired) electrons. The largest absolute Gasteiger partial charge is 0.496 e. The number of anilines is 1. The van der Waals surface area contributed by atoms with E-state index in [-0.39, 0.29) is 5.91 Å². The third-order valence-corrected chi connectivity index (χ3v) is 4.54. The molecule has 0 spiro atoms. The Kier molecular flexibility index (Phi) is 5.70. The maximum absolute atomic E-state index is 12.6. The minimum Gasteiger partial charge on any atom is -0.496 e. The van der Waals surface area contributed by atoms with Gasteiger partial charge in [0.05, 0.1) is 26.9 Å². The summed E-state index contributed by atoms with van der Waals surface area (Å²) in [5.74, 6) is 1.12. The summed E-state index contributed by atoms with van der Waals surface area (Å²) in [5.41, 5.74) is 2.26. The zero-order valence-corrected chi connectivity index (χ0v) is 15.6. The molecule has 23 heavy (non-hydrogen) atoms. The molecule has 0 atom stereocenters. The van der Waals surface area contributed by atoms with Gasteiger partial charge in [0.15, 0.2) is 11.5 Å². The minimum atomic E-state index is -0.276. The van der Waals surface area contributed by atoms with Crippen molar-refractivity contribution in [3.05, 3.63) is 45.0 Å². The average Bonchev–Trinajstić information content (AvgIpc) is 2.56. The summed E-state index contributed by atoms with van der Waals surface area (Å²) in [5, 5.41) is 2.87. The van der Waals surface area contributed by atoms with Crippen LogP contribution in [0.1, 0.15) is 15.9 Å². The fourth-order valence-corrected chi connectivity index (χ4v) is 2.59. The first-order valence-corrected chi connectivity index (χ1v) is 7.95. The van der Waals surface area contributed by atoms with Crippen molar-refractivity contribution in [3.8, 4) is 17.2 Å². The zero-order chi connectivity index (χ0) is 17.0. The molecule has 0 saturated carbocycles. The molecule has 0 unspecified atom stereocenters. The minimum absolute atomic E-state index is 0.276. The van der Waals surface area contributed by atoms with Gasteiger partial charge in [0.2, 0.25) is 0 Å². The highest BCUT2D eigenvalue weighted by molar-refractivity contribution is 14.1. The Morgan fingerprint density at radius 2 is 1.57 bits per heavy atom. The highest BCUT2D eigenvalue weighted by atomic mass is 127. The van der Waals surface area contributed by atoms with Crippen molar-refractivity contribution < 1.29 is 19.0 Å². The molecule has 2 aromatic carbocycles. The van der Waals surface area contributed by atoms with Crippen LogP contribution in [0.15, 0.2) is 30.3 Å². The van der Waals surface area contributed by atoms with Gasteiger partial charge < -0.3 is 19.5 Å². The Hall–Kier alpha value is -1.96. The van der Waals surface area contributed by atoms with Gasteiger partial charge in [-0.1, -0.05) is 6.07 Å². The van der Waals surface area contributed by atoms with Gasteiger partial charge >= 0.3 is 0 Å². The number of rotatable bonds is 5. The van der Waals surface area contributed by atoms with Crippen LogP contribution >= 0.6 is 22.6 Å². The number of hydrogen-bond donors (Lipinski definition) is 1. The second-order valence-electron chi connectivity index (χ2n) is 4.83. The van der Waals surface area contributed by atoms with Crippen molar-refractivity contribution in [2.24, 2.45) is 0 Å². The molecule has 0 aliphatic rings. The number of methoxy groups -OCH3 is 3. The average molecular weight is 427 g/mol. The lowest BCUT2D eigenvalue weighted by Gasteiger charge is -2.14. The first-order chi connectivity index (χ1) is 11.0. The van der Waals surface area contributed by atoms with Gasteiger partial charge in [0, 0.05) is 21.4 Å². The first-order valence-electron chi connectivity index (χ1n) is 6.87. The third kappa shape index (κ3) is 3.87. The zero-order valence-electron chi connectivity index (χ0n) is 13.4. The van der Waals surface area contributed by atoms with Crippen LogP contribution in [0.25, 0.3) is 0 Å². The Morgan fingerprint density at radius 3 is 2.13 bits per heavy atom. The number of benzene rings is 2. The molecule has 0 fully saturated rings. The fourth-order valence-electron chi connectivity index (χ4n) is 2.08. The highest BCUT2D eigenvalue weighted by Crippen LogP contribution is 2.35. The molecule has 1 amide bonds. The smallest absolute Gasteiger partial charge is 0.259 e. The molecule has 0 aliphatic heterocycles. The molecule has 6 heteroatoms. The summed E-state index contributed by atoms with van der Waals surface area (Å²) >= 11 is 2.23. The van der Waals surface area contributed by atoms with Crippen LogP contribution in [-0.2, 0) is 0 Å². The standard InChI is InChI=1S/C17H18INO4/c1-10-5-6-11(7-13(10)18)19-17(20)12-8-15(22-3)16(23-4)9-14(12)21-2/h5-9H,1-4H3,(H,19,20). The summed E-state index contributed by atoms with van der Waals surface area (Å²) in [6.45, 7) is 2.02. The van der Waals surface area contributed by atoms with E-state index in [0.717, 1.165) is 14.8 Å². The molecular weight excluding hydrogens is 409 g/mol. The predicted octanol–water partition coefficient (Wildman–Crippen LogP) is 3.88. The van der Waals surface area contributed by atoms with E-state index < -0.39 is 0 Å². The molecule has 1 N–H and O–H groups in total. The predicted molar refractivity (Wildman–Crippen MR) is 97.9 cm³/mol.